The average molecular weight is 343 g/mol. The molecule has 2 aromatic heterocycles. The number of hydrogen-bond acceptors (Lipinski definition) is 3. The predicted octanol–water partition coefficient (Wildman–Crippen LogP) is 4.05. The number of halogens is 2. The zero-order valence-corrected chi connectivity index (χ0v) is 11.7. The Kier molecular flexibility index (Phi) is 3.56. The Morgan fingerprint density at radius 1 is 1.12 bits per heavy atom. The Morgan fingerprint density at radius 2 is 1.94 bits per heavy atom. The largest absolute Gasteiger partial charge is 0.338 e. The van der Waals surface area contributed by atoms with E-state index in [0.717, 1.165) is 26.1 Å². The van der Waals surface area contributed by atoms with Gasteiger partial charge >= 0.3 is 0 Å². The van der Waals surface area contributed by atoms with Crippen LogP contribution < -0.4 is 5.32 Å². The van der Waals surface area contributed by atoms with Crippen LogP contribution in [0.4, 0.5) is 11.5 Å². The van der Waals surface area contributed by atoms with Gasteiger partial charge in [-0.2, -0.15) is 0 Å². The third-order valence-electron chi connectivity index (χ3n) is 1.98. The number of rotatable bonds is 2. The first kappa shape index (κ1) is 11.5. The topological polar surface area (TPSA) is 37.8 Å². The molecule has 0 atom stereocenters. The summed E-state index contributed by atoms with van der Waals surface area (Å²) in [5.74, 6) is 0.772. The third-order valence-corrected chi connectivity index (χ3v) is 3.02. The number of aryl methyl sites for hydroxylation is 1. The number of nitrogens with one attached hydrogen (secondary N) is 1. The van der Waals surface area contributed by atoms with E-state index in [2.05, 4.69) is 47.1 Å². The lowest BCUT2D eigenvalue weighted by atomic mass is 10.3. The van der Waals surface area contributed by atoms with Crippen LogP contribution in [0.3, 0.4) is 0 Å². The molecular weight excluding hydrogens is 334 g/mol. The van der Waals surface area contributed by atoms with Gasteiger partial charge in [-0.15, -0.1) is 0 Å². The SMILES string of the molecule is Cc1ccc(Nc2ncc(Br)cc2Br)cn1. The molecule has 0 saturated heterocycles. The smallest absolute Gasteiger partial charge is 0.144 e. The Labute approximate surface area is 111 Å². The molecule has 2 heterocycles. The molecule has 0 aliphatic heterocycles. The number of anilines is 2. The first-order valence-corrected chi connectivity index (χ1v) is 6.24. The maximum Gasteiger partial charge on any atom is 0.144 e. The van der Waals surface area contributed by atoms with Gasteiger partial charge in [0.05, 0.1) is 16.4 Å². The molecule has 1 N–H and O–H groups in total. The minimum Gasteiger partial charge on any atom is -0.338 e. The first-order valence-electron chi connectivity index (χ1n) is 4.66. The molecule has 5 heteroatoms. The highest BCUT2D eigenvalue weighted by Gasteiger charge is 2.02. The summed E-state index contributed by atoms with van der Waals surface area (Å²) in [5, 5.41) is 3.19. The predicted molar refractivity (Wildman–Crippen MR) is 71.9 cm³/mol. The molecule has 0 spiro atoms. The van der Waals surface area contributed by atoms with Crippen molar-refractivity contribution in [3.63, 3.8) is 0 Å². The first-order chi connectivity index (χ1) is 7.65. The summed E-state index contributed by atoms with van der Waals surface area (Å²) in [5.41, 5.74) is 1.91. The van der Waals surface area contributed by atoms with Crippen molar-refractivity contribution < 1.29 is 0 Å². The van der Waals surface area contributed by atoms with Crippen LogP contribution in [-0.4, -0.2) is 9.97 Å². The molecule has 0 unspecified atom stereocenters. The molecule has 0 aromatic carbocycles. The molecule has 0 aliphatic carbocycles. The summed E-state index contributed by atoms with van der Waals surface area (Å²) < 4.78 is 1.84. The Morgan fingerprint density at radius 3 is 2.56 bits per heavy atom. The maximum absolute atomic E-state index is 4.26. The van der Waals surface area contributed by atoms with Crippen LogP contribution in [-0.2, 0) is 0 Å². The van der Waals surface area contributed by atoms with E-state index >= 15 is 0 Å². The van der Waals surface area contributed by atoms with Gasteiger partial charge in [-0.3, -0.25) is 4.98 Å². The van der Waals surface area contributed by atoms with Gasteiger partial charge in [-0.05, 0) is 57.0 Å². The van der Waals surface area contributed by atoms with Gasteiger partial charge in [-0.25, -0.2) is 4.98 Å². The summed E-state index contributed by atoms with van der Waals surface area (Å²) in [6, 6.07) is 5.87. The zero-order chi connectivity index (χ0) is 11.5. The van der Waals surface area contributed by atoms with E-state index in [0.29, 0.717) is 0 Å². The van der Waals surface area contributed by atoms with E-state index in [1.807, 2.05) is 25.1 Å². The van der Waals surface area contributed by atoms with E-state index in [9.17, 15) is 0 Å². The van der Waals surface area contributed by atoms with Gasteiger partial charge in [0, 0.05) is 16.4 Å². The van der Waals surface area contributed by atoms with Gasteiger partial charge in [-0.1, -0.05) is 0 Å². The monoisotopic (exact) mass is 341 g/mol. The molecule has 3 nitrogen and oxygen atoms in total. The fourth-order valence-electron chi connectivity index (χ4n) is 1.19. The summed E-state index contributed by atoms with van der Waals surface area (Å²) >= 11 is 6.80. The van der Waals surface area contributed by atoms with Crippen LogP contribution in [0.1, 0.15) is 5.69 Å². The molecule has 0 radical (unpaired) electrons. The minimum absolute atomic E-state index is 0.772. The molecular formula is C11H9Br2N3. The lowest BCUT2D eigenvalue weighted by molar-refractivity contribution is 1.19. The van der Waals surface area contributed by atoms with E-state index in [1.165, 1.54) is 0 Å². The van der Waals surface area contributed by atoms with Crippen LogP contribution in [0.5, 0.6) is 0 Å². The Bertz CT molecular complexity index is 497. The molecule has 2 aromatic rings. The zero-order valence-electron chi connectivity index (χ0n) is 8.54. The fourth-order valence-corrected chi connectivity index (χ4v) is 2.27. The summed E-state index contributed by atoms with van der Waals surface area (Å²) in [7, 11) is 0. The minimum atomic E-state index is 0.772. The number of aromatic nitrogens is 2. The second kappa shape index (κ2) is 4.93. The van der Waals surface area contributed by atoms with E-state index < -0.39 is 0 Å². The van der Waals surface area contributed by atoms with Crippen molar-refractivity contribution in [2.45, 2.75) is 6.92 Å². The summed E-state index contributed by atoms with van der Waals surface area (Å²) in [4.78, 5) is 8.47. The highest BCUT2D eigenvalue weighted by atomic mass is 79.9. The van der Waals surface area contributed by atoms with Crippen LogP contribution in [0.2, 0.25) is 0 Å². The van der Waals surface area contributed by atoms with E-state index in [1.54, 1.807) is 12.4 Å². The Balaban J connectivity index is 2.23. The average Bonchev–Trinajstić information content (AvgIpc) is 2.25. The van der Waals surface area contributed by atoms with Gasteiger partial charge in [0.1, 0.15) is 5.82 Å². The standard InChI is InChI=1S/C11H9Br2N3/c1-7-2-3-9(6-14-7)16-11-10(13)4-8(12)5-15-11/h2-6H,1H3,(H,15,16). The van der Waals surface area contributed by atoms with Crippen molar-refractivity contribution in [1.82, 2.24) is 9.97 Å². The van der Waals surface area contributed by atoms with E-state index in [-0.39, 0.29) is 0 Å². The highest BCUT2D eigenvalue weighted by Crippen LogP contribution is 2.25. The summed E-state index contributed by atoms with van der Waals surface area (Å²) in [6.45, 7) is 1.96. The van der Waals surface area contributed by atoms with Crippen LogP contribution in [0.25, 0.3) is 0 Å². The van der Waals surface area contributed by atoms with Gasteiger partial charge in [0.2, 0.25) is 0 Å². The van der Waals surface area contributed by atoms with Gasteiger partial charge < -0.3 is 5.32 Å². The molecule has 2 rings (SSSR count). The molecule has 16 heavy (non-hydrogen) atoms. The molecule has 0 fully saturated rings. The van der Waals surface area contributed by atoms with Gasteiger partial charge in [0.25, 0.3) is 0 Å². The number of hydrogen-bond donors (Lipinski definition) is 1. The molecule has 0 saturated carbocycles. The second-order valence-corrected chi connectivity index (χ2v) is 5.07. The third kappa shape index (κ3) is 2.80. The van der Waals surface area contributed by atoms with E-state index in [4.69, 9.17) is 0 Å². The lowest BCUT2D eigenvalue weighted by Gasteiger charge is -2.07. The van der Waals surface area contributed by atoms with Gasteiger partial charge in [0.15, 0.2) is 0 Å². The normalized spacial score (nSPS) is 10.2. The van der Waals surface area contributed by atoms with Crippen molar-refractivity contribution in [3.8, 4) is 0 Å². The Hall–Kier alpha value is -0.940. The maximum atomic E-state index is 4.26. The quantitative estimate of drug-likeness (QED) is 0.894. The molecule has 0 bridgehead atoms. The van der Waals surface area contributed by atoms with Crippen molar-refractivity contribution in [3.05, 3.63) is 45.2 Å². The van der Waals surface area contributed by atoms with Crippen molar-refractivity contribution in [1.29, 1.82) is 0 Å². The summed E-state index contributed by atoms with van der Waals surface area (Å²) in [6.07, 6.45) is 3.53. The van der Waals surface area contributed by atoms with Crippen molar-refractivity contribution >= 4 is 43.4 Å². The highest BCUT2D eigenvalue weighted by molar-refractivity contribution is 9.11. The fraction of sp³-hybridized carbons (Fsp3) is 0.0909. The van der Waals surface area contributed by atoms with Crippen LogP contribution in [0.15, 0.2) is 39.5 Å². The van der Waals surface area contributed by atoms with Crippen molar-refractivity contribution in [2.75, 3.05) is 5.32 Å². The number of pyridine rings is 2. The molecule has 0 aliphatic rings. The molecule has 0 amide bonds. The lowest BCUT2D eigenvalue weighted by Crippen LogP contribution is -1.95. The number of nitrogens with zero attached hydrogens (tertiary/aromatic N) is 2. The molecule has 82 valence electrons. The van der Waals surface area contributed by atoms with Crippen LogP contribution >= 0.6 is 31.9 Å². The van der Waals surface area contributed by atoms with Crippen LogP contribution in [0, 0.1) is 6.92 Å². The van der Waals surface area contributed by atoms with Crippen molar-refractivity contribution in [2.24, 2.45) is 0 Å². The second-order valence-electron chi connectivity index (χ2n) is 3.30.